The monoisotopic (exact) mass is 567 g/mol. The molecule has 0 heterocycles. The van der Waals surface area contributed by atoms with Crippen molar-refractivity contribution in [3.8, 4) is 5.75 Å². The summed E-state index contributed by atoms with van der Waals surface area (Å²) in [5.41, 5.74) is 16.6. The molecule has 16 heteroatoms. The lowest BCUT2D eigenvalue weighted by Gasteiger charge is -2.25. The molecule has 0 fully saturated rings. The molecule has 5 unspecified atom stereocenters. The van der Waals surface area contributed by atoms with Gasteiger partial charge in [0.05, 0.1) is 6.10 Å². The molecule has 0 bridgehead atoms. The molecule has 0 spiro atoms. The van der Waals surface area contributed by atoms with Gasteiger partial charge in [0.25, 0.3) is 0 Å². The Bertz CT molecular complexity index is 1060. The van der Waals surface area contributed by atoms with E-state index in [0.717, 1.165) is 0 Å². The van der Waals surface area contributed by atoms with Gasteiger partial charge in [0, 0.05) is 19.4 Å². The van der Waals surface area contributed by atoms with Gasteiger partial charge in [-0.2, -0.15) is 0 Å². The molecule has 1 rings (SSSR count). The fourth-order valence-corrected chi connectivity index (χ4v) is 3.41. The van der Waals surface area contributed by atoms with Crippen LogP contribution in [0.2, 0.25) is 0 Å². The molecule has 1 aromatic rings. The molecule has 16 nitrogen and oxygen atoms in total. The number of rotatable bonds is 17. The zero-order chi connectivity index (χ0) is 30.4. The quantitative estimate of drug-likeness (QED) is 0.0515. The van der Waals surface area contributed by atoms with Crippen molar-refractivity contribution in [2.45, 2.75) is 69.3 Å². The Morgan fingerprint density at radius 3 is 1.95 bits per heavy atom. The van der Waals surface area contributed by atoms with Gasteiger partial charge in [0.2, 0.25) is 17.7 Å². The molecule has 0 radical (unpaired) electrons. The van der Waals surface area contributed by atoms with E-state index in [1.807, 2.05) is 0 Å². The summed E-state index contributed by atoms with van der Waals surface area (Å²) in [4.78, 5) is 65.3. The maximum Gasteiger partial charge on any atom is 0.326 e. The molecular formula is C24H37N7O9. The number of carbonyl (C=O) groups is 5. The molecule has 222 valence electrons. The van der Waals surface area contributed by atoms with E-state index < -0.39 is 66.4 Å². The second kappa shape index (κ2) is 16.5. The second-order valence-corrected chi connectivity index (χ2v) is 9.04. The van der Waals surface area contributed by atoms with Crippen LogP contribution in [0.4, 0.5) is 0 Å². The van der Waals surface area contributed by atoms with Crippen molar-refractivity contribution in [2.24, 2.45) is 22.2 Å². The maximum atomic E-state index is 13.2. The Hall–Kier alpha value is -4.44. The van der Waals surface area contributed by atoms with Gasteiger partial charge < -0.3 is 53.6 Å². The second-order valence-electron chi connectivity index (χ2n) is 9.04. The zero-order valence-electron chi connectivity index (χ0n) is 21.9. The highest BCUT2D eigenvalue weighted by atomic mass is 16.4. The lowest BCUT2D eigenvalue weighted by atomic mass is 10.0. The van der Waals surface area contributed by atoms with E-state index in [0.29, 0.717) is 5.56 Å². The Labute approximate surface area is 230 Å². The lowest BCUT2D eigenvalue weighted by Crippen LogP contribution is -2.58. The number of amides is 3. The summed E-state index contributed by atoms with van der Waals surface area (Å²) in [7, 11) is 0. The van der Waals surface area contributed by atoms with Crippen LogP contribution in [-0.2, 0) is 30.4 Å². The molecule has 0 aromatic heterocycles. The molecule has 1 aromatic carbocycles. The number of nitrogens with zero attached hydrogens (tertiary/aromatic N) is 1. The van der Waals surface area contributed by atoms with E-state index in [1.165, 1.54) is 31.2 Å². The van der Waals surface area contributed by atoms with E-state index in [2.05, 4.69) is 20.9 Å². The molecule has 0 saturated heterocycles. The van der Waals surface area contributed by atoms with Crippen molar-refractivity contribution in [2.75, 3.05) is 6.54 Å². The van der Waals surface area contributed by atoms with Gasteiger partial charge >= 0.3 is 11.9 Å². The zero-order valence-corrected chi connectivity index (χ0v) is 21.9. The number of guanidine groups is 1. The number of carboxylic acid groups (broad SMARTS) is 2. The number of hydrogen-bond acceptors (Lipinski definition) is 9. The summed E-state index contributed by atoms with van der Waals surface area (Å²) in [6, 6.07) is 0.0870. The minimum atomic E-state index is -1.45. The van der Waals surface area contributed by atoms with Gasteiger partial charge in [-0.05, 0) is 43.9 Å². The number of aromatic hydroxyl groups is 1. The summed E-state index contributed by atoms with van der Waals surface area (Å²) in [5.74, 6) is -5.56. The smallest absolute Gasteiger partial charge is 0.326 e. The van der Waals surface area contributed by atoms with E-state index in [1.54, 1.807) is 0 Å². The van der Waals surface area contributed by atoms with Crippen LogP contribution >= 0.6 is 0 Å². The Morgan fingerprint density at radius 2 is 1.43 bits per heavy atom. The van der Waals surface area contributed by atoms with Crippen molar-refractivity contribution in [3.63, 3.8) is 0 Å². The summed E-state index contributed by atoms with van der Waals surface area (Å²) in [6.07, 6.45) is -2.12. The van der Waals surface area contributed by atoms with Gasteiger partial charge in [-0.3, -0.25) is 24.2 Å². The first-order valence-electron chi connectivity index (χ1n) is 12.3. The van der Waals surface area contributed by atoms with E-state index >= 15 is 0 Å². The number of carbonyl (C=O) groups excluding carboxylic acids is 3. The first-order chi connectivity index (χ1) is 18.7. The maximum absolute atomic E-state index is 13.2. The van der Waals surface area contributed by atoms with Crippen LogP contribution in [0.25, 0.3) is 0 Å². The number of hydrogen-bond donors (Lipinski definition) is 10. The predicted molar refractivity (Wildman–Crippen MR) is 142 cm³/mol. The highest BCUT2D eigenvalue weighted by molar-refractivity contribution is 5.94. The Balaban J connectivity index is 3.17. The van der Waals surface area contributed by atoms with E-state index in [9.17, 15) is 39.3 Å². The van der Waals surface area contributed by atoms with Gasteiger partial charge in [0.15, 0.2) is 5.96 Å². The van der Waals surface area contributed by atoms with E-state index in [4.69, 9.17) is 22.3 Å². The molecule has 13 N–H and O–H groups in total. The topological polar surface area (TPSA) is 293 Å². The lowest BCUT2D eigenvalue weighted by molar-refractivity contribution is -0.142. The number of nitrogens with two attached hydrogens (primary N) is 3. The largest absolute Gasteiger partial charge is 0.508 e. The van der Waals surface area contributed by atoms with Crippen LogP contribution in [0.3, 0.4) is 0 Å². The highest BCUT2D eigenvalue weighted by Gasteiger charge is 2.31. The van der Waals surface area contributed by atoms with Crippen LogP contribution in [0, 0.1) is 0 Å². The molecule has 0 aliphatic rings. The van der Waals surface area contributed by atoms with Crippen LogP contribution < -0.4 is 33.2 Å². The van der Waals surface area contributed by atoms with Gasteiger partial charge in [-0.1, -0.05) is 12.1 Å². The average Bonchev–Trinajstić information content (AvgIpc) is 2.87. The summed E-state index contributed by atoms with van der Waals surface area (Å²) in [5, 5.41) is 44.8. The molecule has 0 saturated carbocycles. The first-order valence-corrected chi connectivity index (χ1v) is 12.3. The van der Waals surface area contributed by atoms with Crippen molar-refractivity contribution in [3.05, 3.63) is 29.8 Å². The van der Waals surface area contributed by atoms with Crippen LogP contribution in [0.15, 0.2) is 29.3 Å². The molecule has 0 aliphatic carbocycles. The third kappa shape index (κ3) is 12.4. The number of nitrogens with one attached hydrogen (secondary N) is 3. The molecule has 3 amide bonds. The molecule has 5 atom stereocenters. The van der Waals surface area contributed by atoms with Gasteiger partial charge in [-0.15, -0.1) is 0 Å². The molecular weight excluding hydrogens is 530 g/mol. The first kappa shape index (κ1) is 33.6. The number of aliphatic imine (C=N–C) groups is 1. The van der Waals surface area contributed by atoms with Gasteiger partial charge in [0.1, 0.15) is 29.9 Å². The Kier molecular flexibility index (Phi) is 13.9. The van der Waals surface area contributed by atoms with Crippen molar-refractivity contribution in [1.29, 1.82) is 0 Å². The minimum Gasteiger partial charge on any atom is -0.508 e. The molecule has 40 heavy (non-hydrogen) atoms. The third-order valence-electron chi connectivity index (χ3n) is 5.67. The minimum absolute atomic E-state index is 0.0355. The summed E-state index contributed by atoms with van der Waals surface area (Å²) < 4.78 is 0. The van der Waals surface area contributed by atoms with Crippen molar-refractivity contribution >= 4 is 35.6 Å². The predicted octanol–water partition coefficient (Wildman–Crippen LogP) is -2.90. The number of benzene rings is 1. The van der Waals surface area contributed by atoms with Crippen molar-refractivity contribution in [1.82, 2.24) is 16.0 Å². The summed E-state index contributed by atoms with van der Waals surface area (Å²) >= 11 is 0. The average molecular weight is 568 g/mol. The van der Waals surface area contributed by atoms with Crippen LogP contribution in [0.1, 0.15) is 38.2 Å². The standard InChI is InChI=1S/C24H37N7O9/c1-12(32)19(25)22(38)29-15(8-9-18(34)35)20(36)31-17(11-13-4-6-14(33)7-5-13)21(37)30-16(23(39)40)3-2-10-28-24(26)27/h4-7,12,15-17,19,32-33H,2-3,8-11,25H2,1H3,(H,29,38)(H,30,37)(H,31,36)(H,34,35)(H,39,40)(H4,26,27,28). The molecule has 0 aliphatic heterocycles. The number of aliphatic carboxylic acids is 2. The Morgan fingerprint density at radius 1 is 0.875 bits per heavy atom. The number of carboxylic acids is 2. The van der Waals surface area contributed by atoms with Gasteiger partial charge in [-0.25, -0.2) is 4.79 Å². The number of phenolic OH excluding ortho intramolecular Hbond substituents is 1. The van der Waals surface area contributed by atoms with Crippen molar-refractivity contribution < 1.29 is 44.4 Å². The normalized spacial score (nSPS) is 14.5. The number of phenols is 1. The fraction of sp³-hybridized carbons (Fsp3) is 0.500. The summed E-state index contributed by atoms with van der Waals surface area (Å²) in [6.45, 7) is 1.37. The van der Waals surface area contributed by atoms with Crippen LogP contribution in [-0.4, -0.2) is 92.9 Å². The van der Waals surface area contributed by atoms with Crippen LogP contribution in [0.5, 0.6) is 5.75 Å². The fourth-order valence-electron chi connectivity index (χ4n) is 3.41. The third-order valence-corrected chi connectivity index (χ3v) is 5.67. The number of aliphatic hydroxyl groups excluding tert-OH is 1. The SMILES string of the molecule is CC(O)C(N)C(=O)NC(CCC(=O)O)C(=O)NC(Cc1ccc(O)cc1)C(=O)NC(CCCN=C(N)N)C(=O)O. The highest BCUT2D eigenvalue weighted by Crippen LogP contribution is 2.12. The van der Waals surface area contributed by atoms with E-state index in [-0.39, 0.29) is 43.9 Å². The number of aliphatic hydroxyl groups is 1.